The Morgan fingerprint density at radius 3 is 2.39 bits per heavy atom. The highest BCUT2D eigenvalue weighted by Crippen LogP contribution is 2.28. The zero-order chi connectivity index (χ0) is 19.3. The van der Waals surface area contributed by atoms with E-state index in [1.807, 2.05) is 0 Å². The topological polar surface area (TPSA) is 71.5 Å². The number of nitrogens with one attached hydrogen (secondary N) is 1. The Kier molecular flexibility index (Phi) is 6.02. The molecule has 4 rings (SSSR count). The number of amides is 2. The van der Waals surface area contributed by atoms with Gasteiger partial charge in [0, 0.05) is 29.1 Å². The Bertz CT molecular complexity index is 816. The van der Waals surface area contributed by atoms with Gasteiger partial charge in [-0.2, -0.15) is 0 Å². The molecule has 1 aliphatic carbocycles. The molecule has 0 bridgehead atoms. The minimum atomic E-state index is -0.188. The number of morpholine rings is 1. The Hall–Kier alpha value is -2.25. The summed E-state index contributed by atoms with van der Waals surface area (Å²) in [7, 11) is 0. The average Bonchev–Trinajstić information content (AvgIpc) is 3.08. The molecule has 2 aliphatic rings. The summed E-state index contributed by atoms with van der Waals surface area (Å²) in [6.45, 7) is 2.36. The molecule has 2 aromatic rings. The zero-order valence-corrected chi connectivity index (χ0v) is 16.7. The number of carbonyl (C=O) groups is 2. The molecule has 0 saturated carbocycles. The Balaban J connectivity index is 1.41. The fraction of sp³-hybridized carbons (Fsp3) is 0.476. The number of benzene rings is 1. The Labute approximate surface area is 168 Å². The number of carbonyl (C=O) groups excluding carboxylic acids is 2. The van der Waals surface area contributed by atoms with E-state index in [0.29, 0.717) is 42.6 Å². The summed E-state index contributed by atoms with van der Waals surface area (Å²) in [6.07, 6.45) is 6.95. The van der Waals surface area contributed by atoms with Crippen molar-refractivity contribution in [2.24, 2.45) is 0 Å². The molecular weight excluding hydrogens is 374 g/mol. The number of hydrogen-bond acceptors (Lipinski definition) is 5. The molecule has 0 unspecified atom stereocenters. The number of nitrogens with zero attached hydrogens (tertiary/aromatic N) is 2. The SMILES string of the molecule is O=C(Nc1nc2c(s1)CCCCCC2)c1ccc(C(=O)N2CCOCC2)cc1. The molecule has 0 atom stereocenters. The molecule has 1 N–H and O–H groups in total. The largest absolute Gasteiger partial charge is 0.378 e. The smallest absolute Gasteiger partial charge is 0.257 e. The fourth-order valence-electron chi connectivity index (χ4n) is 3.64. The van der Waals surface area contributed by atoms with Gasteiger partial charge >= 0.3 is 0 Å². The van der Waals surface area contributed by atoms with Crippen molar-refractivity contribution in [3.63, 3.8) is 0 Å². The summed E-state index contributed by atoms with van der Waals surface area (Å²) in [5.74, 6) is -0.206. The normalized spacial score (nSPS) is 17.4. The summed E-state index contributed by atoms with van der Waals surface area (Å²) >= 11 is 1.59. The van der Waals surface area contributed by atoms with Crippen LogP contribution in [0.3, 0.4) is 0 Å². The van der Waals surface area contributed by atoms with Crippen molar-refractivity contribution in [1.29, 1.82) is 0 Å². The maximum absolute atomic E-state index is 12.6. The van der Waals surface area contributed by atoms with Crippen LogP contribution in [0.15, 0.2) is 24.3 Å². The number of rotatable bonds is 3. The lowest BCUT2D eigenvalue weighted by Gasteiger charge is -2.26. The van der Waals surface area contributed by atoms with Crippen LogP contribution < -0.4 is 5.32 Å². The maximum Gasteiger partial charge on any atom is 0.257 e. The summed E-state index contributed by atoms with van der Waals surface area (Å²) in [5.41, 5.74) is 2.27. The van der Waals surface area contributed by atoms with E-state index in [4.69, 9.17) is 4.74 Å². The highest BCUT2D eigenvalue weighted by atomic mass is 32.1. The average molecular weight is 400 g/mol. The van der Waals surface area contributed by atoms with Gasteiger partial charge in [0.15, 0.2) is 5.13 Å². The highest BCUT2D eigenvalue weighted by molar-refractivity contribution is 7.15. The summed E-state index contributed by atoms with van der Waals surface area (Å²) in [4.78, 5) is 32.8. The molecule has 1 aromatic heterocycles. The molecule has 6 nitrogen and oxygen atoms in total. The molecule has 0 radical (unpaired) electrons. The number of ether oxygens (including phenoxy) is 1. The van der Waals surface area contributed by atoms with E-state index in [2.05, 4.69) is 10.3 Å². The number of thiazole rings is 1. The van der Waals surface area contributed by atoms with Gasteiger partial charge in [0.1, 0.15) is 0 Å². The molecule has 28 heavy (non-hydrogen) atoms. The minimum Gasteiger partial charge on any atom is -0.378 e. The second-order valence-corrected chi connectivity index (χ2v) is 8.32. The van der Waals surface area contributed by atoms with Gasteiger partial charge in [-0.05, 0) is 49.9 Å². The highest BCUT2D eigenvalue weighted by Gasteiger charge is 2.19. The van der Waals surface area contributed by atoms with Crippen molar-refractivity contribution in [1.82, 2.24) is 9.88 Å². The second kappa shape index (κ2) is 8.84. The first-order valence-electron chi connectivity index (χ1n) is 9.98. The van der Waals surface area contributed by atoms with Crippen LogP contribution in [0.1, 0.15) is 57.0 Å². The van der Waals surface area contributed by atoms with E-state index < -0.39 is 0 Å². The first kappa shape index (κ1) is 19.1. The van der Waals surface area contributed by atoms with Crippen LogP contribution in [0.4, 0.5) is 5.13 Å². The lowest BCUT2D eigenvalue weighted by molar-refractivity contribution is 0.0303. The molecule has 0 spiro atoms. The lowest BCUT2D eigenvalue weighted by atomic mass is 10.0. The summed E-state index contributed by atoms with van der Waals surface area (Å²) < 4.78 is 5.29. The van der Waals surface area contributed by atoms with Crippen LogP contribution in [0.2, 0.25) is 0 Å². The van der Waals surface area contributed by atoms with Crippen molar-refractivity contribution in [2.45, 2.75) is 38.5 Å². The van der Waals surface area contributed by atoms with Crippen LogP contribution in [-0.2, 0) is 17.6 Å². The molecule has 2 amide bonds. The van der Waals surface area contributed by atoms with Gasteiger partial charge in [0.2, 0.25) is 0 Å². The van der Waals surface area contributed by atoms with E-state index in [9.17, 15) is 9.59 Å². The van der Waals surface area contributed by atoms with Crippen LogP contribution >= 0.6 is 11.3 Å². The fourth-order valence-corrected chi connectivity index (χ4v) is 4.69. The monoisotopic (exact) mass is 399 g/mol. The van der Waals surface area contributed by atoms with Crippen LogP contribution in [0.5, 0.6) is 0 Å². The predicted octanol–water partition coefficient (Wildman–Crippen LogP) is 3.53. The van der Waals surface area contributed by atoms with Gasteiger partial charge in [0.25, 0.3) is 11.8 Å². The molecule has 1 saturated heterocycles. The van der Waals surface area contributed by atoms with Crippen molar-refractivity contribution in [3.8, 4) is 0 Å². The third kappa shape index (κ3) is 4.42. The van der Waals surface area contributed by atoms with Crippen LogP contribution in [0.25, 0.3) is 0 Å². The van der Waals surface area contributed by atoms with Gasteiger partial charge in [-0.1, -0.05) is 12.8 Å². The Morgan fingerprint density at radius 2 is 1.64 bits per heavy atom. The second-order valence-electron chi connectivity index (χ2n) is 7.24. The van der Waals surface area contributed by atoms with Gasteiger partial charge in [-0.3, -0.25) is 14.9 Å². The molecule has 1 aliphatic heterocycles. The Morgan fingerprint density at radius 1 is 0.964 bits per heavy atom. The standard InChI is InChI=1S/C21H25N3O3S/c25-19(23-21-22-17-5-3-1-2-4-6-18(17)28-21)15-7-9-16(10-8-15)20(26)24-11-13-27-14-12-24/h7-10H,1-6,11-14H2,(H,22,23,25). The van der Waals surface area contributed by atoms with Crippen molar-refractivity contribution < 1.29 is 14.3 Å². The van der Waals surface area contributed by atoms with Gasteiger partial charge in [-0.15, -0.1) is 11.3 Å². The number of hydrogen-bond donors (Lipinski definition) is 1. The molecule has 1 fully saturated rings. The van der Waals surface area contributed by atoms with Gasteiger partial charge in [-0.25, -0.2) is 4.98 Å². The van der Waals surface area contributed by atoms with E-state index in [1.54, 1.807) is 40.5 Å². The number of aryl methyl sites for hydroxylation is 2. The molecule has 148 valence electrons. The van der Waals surface area contributed by atoms with E-state index in [-0.39, 0.29) is 11.8 Å². The third-order valence-electron chi connectivity index (χ3n) is 5.26. The van der Waals surface area contributed by atoms with Gasteiger partial charge < -0.3 is 9.64 Å². The lowest BCUT2D eigenvalue weighted by Crippen LogP contribution is -2.40. The minimum absolute atomic E-state index is 0.0185. The predicted molar refractivity (Wildman–Crippen MR) is 109 cm³/mol. The quantitative estimate of drug-likeness (QED) is 0.857. The number of anilines is 1. The van der Waals surface area contributed by atoms with Crippen molar-refractivity contribution in [2.75, 3.05) is 31.6 Å². The van der Waals surface area contributed by atoms with Crippen molar-refractivity contribution in [3.05, 3.63) is 46.0 Å². The molecule has 1 aromatic carbocycles. The van der Waals surface area contributed by atoms with E-state index in [0.717, 1.165) is 18.5 Å². The number of aromatic nitrogens is 1. The summed E-state index contributed by atoms with van der Waals surface area (Å²) in [6, 6.07) is 6.83. The van der Waals surface area contributed by atoms with Crippen LogP contribution in [0, 0.1) is 0 Å². The van der Waals surface area contributed by atoms with E-state index in [1.165, 1.54) is 30.6 Å². The third-order valence-corrected chi connectivity index (χ3v) is 6.33. The molecule has 7 heteroatoms. The van der Waals surface area contributed by atoms with Crippen molar-refractivity contribution >= 4 is 28.3 Å². The molecular formula is C21H25N3O3S. The van der Waals surface area contributed by atoms with Gasteiger partial charge in [0.05, 0.1) is 18.9 Å². The van der Waals surface area contributed by atoms with Crippen LogP contribution in [-0.4, -0.2) is 48.0 Å². The zero-order valence-electron chi connectivity index (χ0n) is 15.9. The summed E-state index contributed by atoms with van der Waals surface area (Å²) in [5, 5.41) is 3.60. The first-order chi connectivity index (χ1) is 13.7. The molecule has 2 heterocycles. The maximum atomic E-state index is 12.6. The number of fused-ring (bicyclic) bond motifs is 1. The van der Waals surface area contributed by atoms with E-state index >= 15 is 0 Å². The first-order valence-corrected chi connectivity index (χ1v) is 10.8.